The Morgan fingerprint density at radius 1 is 1.52 bits per heavy atom. The second-order valence-electron chi connectivity index (χ2n) is 4.79. The van der Waals surface area contributed by atoms with E-state index in [2.05, 4.69) is 10.3 Å². The van der Waals surface area contributed by atoms with Gasteiger partial charge in [-0.05, 0) is 25.1 Å². The summed E-state index contributed by atoms with van der Waals surface area (Å²) in [5.41, 5.74) is 6.85. The van der Waals surface area contributed by atoms with Crippen LogP contribution in [0.2, 0.25) is 0 Å². The van der Waals surface area contributed by atoms with Crippen molar-refractivity contribution in [3.63, 3.8) is 0 Å². The van der Waals surface area contributed by atoms with E-state index in [4.69, 9.17) is 10.5 Å². The van der Waals surface area contributed by atoms with Gasteiger partial charge in [0.2, 0.25) is 0 Å². The molecule has 2 aromatic rings. The van der Waals surface area contributed by atoms with Crippen molar-refractivity contribution in [3.05, 3.63) is 35.9 Å². The summed E-state index contributed by atoms with van der Waals surface area (Å²) in [7, 11) is 0. The van der Waals surface area contributed by atoms with Gasteiger partial charge in [0.15, 0.2) is 5.82 Å². The van der Waals surface area contributed by atoms with Gasteiger partial charge in [-0.15, -0.1) is 5.10 Å². The molecule has 0 spiro atoms. The Bertz CT molecular complexity index is 687. The zero-order valence-corrected chi connectivity index (χ0v) is 11.4. The number of aromatic nitrogens is 3. The zero-order valence-electron chi connectivity index (χ0n) is 11.4. The molecule has 3 rings (SSSR count). The topological polar surface area (TPSA) is 86.3 Å². The van der Waals surface area contributed by atoms with E-state index in [1.165, 1.54) is 15.6 Å². The molecule has 0 bridgehead atoms. The number of cyclic esters (lactones) is 1. The first-order valence-electron chi connectivity index (χ1n) is 6.45. The molecule has 1 saturated heterocycles. The molecule has 1 atom stereocenters. The molecule has 8 heteroatoms. The molecular weight excluding hydrogens is 277 g/mol. The number of nitrogens with zero attached hydrogens (tertiary/aromatic N) is 4. The van der Waals surface area contributed by atoms with Crippen LogP contribution in [-0.4, -0.2) is 40.3 Å². The van der Waals surface area contributed by atoms with Gasteiger partial charge in [-0.2, -0.15) is 0 Å². The van der Waals surface area contributed by atoms with E-state index in [0.717, 1.165) is 0 Å². The predicted octanol–water partition coefficient (Wildman–Crippen LogP) is 0.999. The van der Waals surface area contributed by atoms with Crippen LogP contribution >= 0.6 is 0 Å². The Labute approximate surface area is 120 Å². The van der Waals surface area contributed by atoms with Crippen molar-refractivity contribution in [1.82, 2.24) is 15.0 Å². The number of aryl methyl sites for hydroxylation is 1. The lowest BCUT2D eigenvalue weighted by atomic mass is 10.2. The summed E-state index contributed by atoms with van der Waals surface area (Å²) >= 11 is 0. The molecule has 1 aliphatic heterocycles. The molecule has 2 N–H and O–H groups in total. The summed E-state index contributed by atoms with van der Waals surface area (Å²) in [6.07, 6.45) is 0.736. The molecule has 0 saturated carbocycles. The minimum absolute atomic E-state index is 0.237. The molecule has 1 fully saturated rings. The van der Waals surface area contributed by atoms with Gasteiger partial charge in [-0.3, -0.25) is 4.90 Å². The number of benzene rings is 1. The van der Waals surface area contributed by atoms with Gasteiger partial charge >= 0.3 is 6.09 Å². The Morgan fingerprint density at radius 2 is 2.33 bits per heavy atom. The maximum Gasteiger partial charge on any atom is 0.414 e. The summed E-state index contributed by atoms with van der Waals surface area (Å²) in [5, 5.41) is 7.63. The predicted molar refractivity (Wildman–Crippen MR) is 72.7 cm³/mol. The molecule has 110 valence electrons. The Hall–Kier alpha value is -2.48. The molecule has 0 unspecified atom stereocenters. The lowest BCUT2D eigenvalue weighted by molar-refractivity contribution is 0.145. The number of hydrogen-bond donors (Lipinski definition) is 1. The van der Waals surface area contributed by atoms with Crippen LogP contribution in [0.25, 0.3) is 5.69 Å². The van der Waals surface area contributed by atoms with Gasteiger partial charge in [-0.25, -0.2) is 13.9 Å². The van der Waals surface area contributed by atoms with E-state index in [0.29, 0.717) is 17.9 Å². The maximum atomic E-state index is 14.2. The first-order chi connectivity index (χ1) is 10.1. The van der Waals surface area contributed by atoms with E-state index in [1.54, 1.807) is 25.3 Å². The third-order valence-corrected chi connectivity index (χ3v) is 3.23. The van der Waals surface area contributed by atoms with Crippen molar-refractivity contribution in [2.45, 2.75) is 13.0 Å². The van der Waals surface area contributed by atoms with E-state index in [9.17, 15) is 9.18 Å². The van der Waals surface area contributed by atoms with Crippen LogP contribution in [0.4, 0.5) is 14.9 Å². The molecular formula is C13H14FN5O2. The van der Waals surface area contributed by atoms with Crippen molar-refractivity contribution >= 4 is 11.8 Å². The molecule has 1 amide bonds. The normalized spacial score (nSPS) is 18.1. The van der Waals surface area contributed by atoms with Crippen LogP contribution in [-0.2, 0) is 4.74 Å². The standard InChI is InChI=1S/C13H14FN5O2/c1-8-6-19(17-16-8)12-3-2-9(4-11(12)14)18-7-10(5-15)21-13(18)20/h2-4,6,10H,5,7,15H2,1H3/t10-/m0/s1. The van der Waals surface area contributed by atoms with Gasteiger partial charge < -0.3 is 10.5 Å². The third-order valence-electron chi connectivity index (χ3n) is 3.23. The fourth-order valence-electron chi connectivity index (χ4n) is 2.17. The number of rotatable bonds is 3. The summed E-state index contributed by atoms with van der Waals surface area (Å²) < 4.78 is 20.6. The van der Waals surface area contributed by atoms with E-state index in [1.807, 2.05) is 0 Å². The molecule has 1 aromatic heterocycles. The fourth-order valence-corrected chi connectivity index (χ4v) is 2.17. The Morgan fingerprint density at radius 3 is 2.90 bits per heavy atom. The van der Waals surface area contributed by atoms with Gasteiger partial charge in [0.25, 0.3) is 0 Å². The smallest absolute Gasteiger partial charge is 0.414 e. The Balaban J connectivity index is 1.90. The average Bonchev–Trinajstić information content (AvgIpc) is 3.04. The lowest BCUT2D eigenvalue weighted by Gasteiger charge is -2.14. The van der Waals surface area contributed by atoms with Gasteiger partial charge in [0.05, 0.1) is 24.1 Å². The monoisotopic (exact) mass is 291 g/mol. The Kier molecular flexibility index (Phi) is 3.30. The summed E-state index contributed by atoms with van der Waals surface area (Å²) in [6, 6.07) is 4.45. The molecule has 1 aromatic carbocycles. The van der Waals surface area contributed by atoms with Crippen LogP contribution in [0.15, 0.2) is 24.4 Å². The van der Waals surface area contributed by atoms with Crippen molar-refractivity contribution in [2.75, 3.05) is 18.0 Å². The number of anilines is 1. The van der Waals surface area contributed by atoms with Crippen molar-refractivity contribution < 1.29 is 13.9 Å². The van der Waals surface area contributed by atoms with E-state index < -0.39 is 11.9 Å². The number of carbonyl (C=O) groups is 1. The van der Waals surface area contributed by atoms with Crippen LogP contribution in [0.1, 0.15) is 5.69 Å². The number of ether oxygens (including phenoxy) is 1. The molecule has 7 nitrogen and oxygen atoms in total. The van der Waals surface area contributed by atoms with Crippen molar-refractivity contribution in [1.29, 1.82) is 0 Å². The minimum Gasteiger partial charge on any atom is -0.443 e. The first kappa shape index (κ1) is 13.5. The maximum absolute atomic E-state index is 14.2. The zero-order chi connectivity index (χ0) is 15.0. The molecule has 0 aliphatic carbocycles. The minimum atomic E-state index is -0.519. The summed E-state index contributed by atoms with van der Waals surface area (Å²) in [6.45, 7) is 2.32. The third kappa shape index (κ3) is 2.45. The number of carbonyl (C=O) groups excluding carboxylic acids is 1. The van der Waals surface area contributed by atoms with Crippen LogP contribution in [0.3, 0.4) is 0 Å². The van der Waals surface area contributed by atoms with Crippen LogP contribution in [0.5, 0.6) is 0 Å². The van der Waals surface area contributed by atoms with Gasteiger partial charge in [0, 0.05) is 6.54 Å². The second kappa shape index (κ2) is 5.13. The lowest BCUT2D eigenvalue weighted by Crippen LogP contribution is -2.27. The molecule has 2 heterocycles. The van der Waals surface area contributed by atoms with Gasteiger partial charge in [0.1, 0.15) is 11.8 Å². The largest absolute Gasteiger partial charge is 0.443 e. The summed E-state index contributed by atoms with van der Waals surface area (Å²) in [4.78, 5) is 13.1. The van der Waals surface area contributed by atoms with E-state index in [-0.39, 0.29) is 18.3 Å². The SMILES string of the molecule is Cc1cn(-c2ccc(N3C[C@H](CN)OC3=O)cc2F)nn1. The summed E-state index contributed by atoms with van der Waals surface area (Å²) in [5.74, 6) is -0.499. The highest BCUT2D eigenvalue weighted by molar-refractivity contribution is 5.89. The molecule has 1 aliphatic rings. The highest BCUT2D eigenvalue weighted by atomic mass is 19.1. The average molecular weight is 291 g/mol. The number of hydrogen-bond acceptors (Lipinski definition) is 5. The highest BCUT2D eigenvalue weighted by Crippen LogP contribution is 2.25. The molecule has 21 heavy (non-hydrogen) atoms. The number of amides is 1. The van der Waals surface area contributed by atoms with Crippen molar-refractivity contribution in [2.24, 2.45) is 5.73 Å². The van der Waals surface area contributed by atoms with Crippen LogP contribution < -0.4 is 10.6 Å². The second-order valence-corrected chi connectivity index (χ2v) is 4.79. The number of nitrogens with two attached hydrogens (primary N) is 1. The number of halogens is 1. The fraction of sp³-hybridized carbons (Fsp3) is 0.308. The van der Waals surface area contributed by atoms with Crippen molar-refractivity contribution in [3.8, 4) is 5.69 Å². The highest BCUT2D eigenvalue weighted by Gasteiger charge is 2.31. The van der Waals surface area contributed by atoms with Gasteiger partial charge in [-0.1, -0.05) is 5.21 Å². The van der Waals surface area contributed by atoms with Crippen LogP contribution in [0, 0.1) is 12.7 Å². The quantitative estimate of drug-likeness (QED) is 0.911. The first-order valence-corrected chi connectivity index (χ1v) is 6.45. The van der Waals surface area contributed by atoms with E-state index >= 15 is 0 Å². The molecule has 0 radical (unpaired) electrons.